The molecule has 21 heavy (non-hydrogen) atoms. The summed E-state index contributed by atoms with van der Waals surface area (Å²) in [7, 11) is 0. The zero-order valence-electron chi connectivity index (χ0n) is 10.3. The molecule has 6 nitrogen and oxygen atoms in total. The maximum atomic E-state index is 13.7. The van der Waals surface area contributed by atoms with Crippen LogP contribution in [0.2, 0.25) is 0 Å². The van der Waals surface area contributed by atoms with Gasteiger partial charge in [-0.3, -0.25) is 10.1 Å². The fraction of sp³-hybridized carbons (Fsp3) is 0. The second-order valence-corrected chi connectivity index (χ2v) is 4.87. The molecule has 2 aromatic carbocycles. The highest BCUT2D eigenvalue weighted by Crippen LogP contribution is 2.31. The summed E-state index contributed by atoms with van der Waals surface area (Å²) >= 11 is 3.16. The molecule has 8 heteroatoms. The first-order chi connectivity index (χ1) is 9.90. The van der Waals surface area contributed by atoms with Gasteiger partial charge >= 0.3 is 5.97 Å². The molecule has 0 aromatic heterocycles. The number of carboxylic acid groups (broad SMARTS) is 1. The molecule has 2 N–H and O–H groups in total. The number of carboxylic acids is 1. The van der Waals surface area contributed by atoms with Crippen LogP contribution in [0, 0.1) is 15.9 Å². The number of nitrogens with zero attached hydrogens (tertiary/aromatic N) is 1. The number of halogens is 2. The molecule has 0 spiro atoms. The Hall–Kier alpha value is -2.48. The molecule has 0 atom stereocenters. The first-order valence-corrected chi connectivity index (χ1v) is 6.42. The molecule has 0 saturated heterocycles. The molecular weight excluding hydrogens is 347 g/mol. The number of para-hydroxylation sites is 1. The zero-order valence-corrected chi connectivity index (χ0v) is 11.9. The van der Waals surface area contributed by atoms with Crippen molar-refractivity contribution in [3.05, 3.63) is 62.4 Å². The zero-order chi connectivity index (χ0) is 15.6. The third-order valence-corrected chi connectivity index (χ3v) is 3.32. The van der Waals surface area contributed by atoms with E-state index in [1.165, 1.54) is 18.2 Å². The van der Waals surface area contributed by atoms with Crippen LogP contribution < -0.4 is 5.32 Å². The van der Waals surface area contributed by atoms with Gasteiger partial charge in [-0.15, -0.1) is 0 Å². The van der Waals surface area contributed by atoms with Crippen molar-refractivity contribution in [1.82, 2.24) is 0 Å². The van der Waals surface area contributed by atoms with Crippen molar-refractivity contribution in [1.29, 1.82) is 0 Å². The summed E-state index contributed by atoms with van der Waals surface area (Å²) in [5.74, 6) is -1.95. The number of benzene rings is 2. The van der Waals surface area contributed by atoms with Crippen molar-refractivity contribution in [2.45, 2.75) is 0 Å². The van der Waals surface area contributed by atoms with Gasteiger partial charge in [-0.05, 0) is 40.2 Å². The molecule has 0 radical (unpaired) electrons. The van der Waals surface area contributed by atoms with Crippen molar-refractivity contribution >= 4 is 39.0 Å². The Morgan fingerprint density at radius 1 is 1.33 bits per heavy atom. The average Bonchev–Trinajstić information content (AvgIpc) is 2.42. The van der Waals surface area contributed by atoms with Gasteiger partial charge in [0, 0.05) is 16.2 Å². The largest absolute Gasteiger partial charge is 0.477 e. The fourth-order valence-corrected chi connectivity index (χ4v) is 2.14. The van der Waals surface area contributed by atoms with Gasteiger partial charge in [0.2, 0.25) is 0 Å². The number of hydrogen-bond donors (Lipinski definition) is 2. The van der Waals surface area contributed by atoms with Crippen LogP contribution in [0.1, 0.15) is 10.4 Å². The summed E-state index contributed by atoms with van der Waals surface area (Å²) in [6.45, 7) is 0. The first kappa shape index (κ1) is 14.9. The Morgan fingerprint density at radius 3 is 2.62 bits per heavy atom. The van der Waals surface area contributed by atoms with Crippen molar-refractivity contribution in [3.63, 3.8) is 0 Å². The minimum absolute atomic E-state index is 0.106. The summed E-state index contributed by atoms with van der Waals surface area (Å²) in [4.78, 5) is 21.0. The summed E-state index contributed by atoms with van der Waals surface area (Å²) in [5, 5.41) is 22.5. The van der Waals surface area contributed by atoms with Gasteiger partial charge in [0.25, 0.3) is 5.69 Å². The molecule has 0 unspecified atom stereocenters. The number of carbonyl (C=O) groups is 1. The van der Waals surface area contributed by atoms with Crippen molar-refractivity contribution in [3.8, 4) is 0 Å². The predicted octanol–water partition coefficient (Wildman–Crippen LogP) is 3.94. The number of nitro benzene ring substituents is 1. The molecule has 0 saturated carbocycles. The van der Waals surface area contributed by atoms with Crippen LogP contribution >= 0.6 is 15.9 Å². The van der Waals surface area contributed by atoms with E-state index in [0.717, 1.165) is 12.1 Å². The fourth-order valence-electron chi connectivity index (χ4n) is 1.70. The second kappa shape index (κ2) is 5.88. The highest BCUT2D eigenvalue weighted by atomic mass is 79.9. The number of rotatable bonds is 4. The number of nitro groups is 1. The monoisotopic (exact) mass is 354 g/mol. The molecule has 2 aromatic rings. The second-order valence-electron chi connectivity index (χ2n) is 4.02. The van der Waals surface area contributed by atoms with Crippen LogP contribution in [0.4, 0.5) is 21.5 Å². The van der Waals surface area contributed by atoms with Gasteiger partial charge in [0.05, 0.1) is 10.6 Å². The summed E-state index contributed by atoms with van der Waals surface area (Å²) in [6.07, 6.45) is 0. The molecular formula is C13H8BrFN2O4. The van der Waals surface area contributed by atoms with Gasteiger partial charge in [-0.1, -0.05) is 6.07 Å². The van der Waals surface area contributed by atoms with Gasteiger partial charge in [0.1, 0.15) is 11.4 Å². The third kappa shape index (κ3) is 3.16. The highest BCUT2D eigenvalue weighted by molar-refractivity contribution is 9.10. The van der Waals surface area contributed by atoms with Gasteiger partial charge < -0.3 is 10.4 Å². The van der Waals surface area contributed by atoms with E-state index in [0.29, 0.717) is 4.47 Å². The molecule has 0 aliphatic carbocycles. The summed E-state index contributed by atoms with van der Waals surface area (Å²) < 4.78 is 14.1. The normalized spacial score (nSPS) is 10.2. The highest BCUT2D eigenvalue weighted by Gasteiger charge is 2.20. The van der Waals surface area contributed by atoms with Gasteiger partial charge in [-0.25, -0.2) is 9.18 Å². The van der Waals surface area contributed by atoms with Gasteiger partial charge in [0.15, 0.2) is 0 Å². The Labute approximate surface area is 126 Å². The van der Waals surface area contributed by atoms with Crippen LogP contribution in [0.5, 0.6) is 0 Å². The standard InChI is InChI=1S/C13H8BrFN2O4/c14-9-2-1-3-10(15)12(9)16-7-4-5-8(13(18)19)11(6-7)17(20)21/h1-6,16H,(H,18,19). The van der Waals surface area contributed by atoms with E-state index in [1.54, 1.807) is 6.07 Å². The van der Waals surface area contributed by atoms with E-state index < -0.39 is 28.0 Å². The van der Waals surface area contributed by atoms with E-state index in [-0.39, 0.29) is 11.4 Å². The Morgan fingerprint density at radius 2 is 2.05 bits per heavy atom. The van der Waals surface area contributed by atoms with E-state index in [2.05, 4.69) is 21.2 Å². The maximum Gasteiger partial charge on any atom is 0.342 e. The minimum atomic E-state index is -1.40. The van der Waals surface area contributed by atoms with Crippen LogP contribution in [0.25, 0.3) is 0 Å². The lowest BCUT2D eigenvalue weighted by Crippen LogP contribution is -2.04. The quantitative estimate of drug-likeness (QED) is 0.640. The molecule has 0 aliphatic rings. The molecule has 0 heterocycles. The Bertz CT molecular complexity index is 716. The topological polar surface area (TPSA) is 92.5 Å². The molecule has 2 rings (SSSR count). The molecule has 0 aliphatic heterocycles. The number of hydrogen-bond acceptors (Lipinski definition) is 4. The summed E-state index contributed by atoms with van der Waals surface area (Å²) in [6, 6.07) is 7.80. The smallest absolute Gasteiger partial charge is 0.342 e. The maximum absolute atomic E-state index is 13.7. The van der Waals surface area contributed by atoms with E-state index in [4.69, 9.17) is 5.11 Å². The van der Waals surface area contributed by atoms with Crippen molar-refractivity contribution in [2.75, 3.05) is 5.32 Å². The van der Waals surface area contributed by atoms with Crippen molar-refractivity contribution < 1.29 is 19.2 Å². The number of nitrogens with one attached hydrogen (secondary N) is 1. The third-order valence-electron chi connectivity index (χ3n) is 2.66. The van der Waals surface area contributed by atoms with Gasteiger partial charge in [-0.2, -0.15) is 0 Å². The van der Waals surface area contributed by atoms with Crippen molar-refractivity contribution in [2.24, 2.45) is 0 Å². The van der Waals surface area contributed by atoms with E-state index >= 15 is 0 Å². The number of aromatic carboxylic acids is 1. The van der Waals surface area contributed by atoms with Crippen LogP contribution in [0.15, 0.2) is 40.9 Å². The lowest BCUT2D eigenvalue weighted by molar-refractivity contribution is -0.385. The SMILES string of the molecule is O=C(O)c1ccc(Nc2c(F)cccc2Br)cc1[N+](=O)[O-]. The first-order valence-electron chi connectivity index (χ1n) is 5.63. The Balaban J connectivity index is 2.44. The van der Waals surface area contributed by atoms with Crippen LogP contribution in [0.3, 0.4) is 0 Å². The van der Waals surface area contributed by atoms with Crippen LogP contribution in [-0.2, 0) is 0 Å². The summed E-state index contributed by atoms with van der Waals surface area (Å²) in [5.41, 5.74) is -0.689. The molecule has 0 fully saturated rings. The predicted molar refractivity (Wildman–Crippen MR) is 77.4 cm³/mol. The molecule has 0 bridgehead atoms. The lowest BCUT2D eigenvalue weighted by Gasteiger charge is -2.10. The minimum Gasteiger partial charge on any atom is -0.477 e. The van der Waals surface area contributed by atoms with E-state index in [1.807, 2.05) is 0 Å². The molecule has 108 valence electrons. The van der Waals surface area contributed by atoms with Crippen LogP contribution in [-0.4, -0.2) is 16.0 Å². The Kier molecular flexibility index (Phi) is 4.18. The molecule has 0 amide bonds. The average molecular weight is 355 g/mol. The lowest BCUT2D eigenvalue weighted by atomic mass is 10.1. The van der Waals surface area contributed by atoms with E-state index in [9.17, 15) is 19.3 Å². The number of anilines is 2.